The summed E-state index contributed by atoms with van der Waals surface area (Å²) in [6, 6.07) is 0. The van der Waals surface area contributed by atoms with Crippen LogP contribution in [0, 0.1) is 29.9 Å². The number of rotatable bonds is 7. The van der Waals surface area contributed by atoms with Gasteiger partial charge in [0.25, 0.3) is 0 Å². The predicted octanol–water partition coefficient (Wildman–Crippen LogP) is 0.984. The summed E-state index contributed by atoms with van der Waals surface area (Å²) in [7, 11) is -3.40. The van der Waals surface area contributed by atoms with Gasteiger partial charge in [-0.15, -0.1) is 0 Å². The molecule has 20 heavy (non-hydrogen) atoms. The summed E-state index contributed by atoms with van der Waals surface area (Å²) in [5.41, 5.74) is 0.601. The first-order chi connectivity index (χ1) is 9.14. The second-order valence-electron chi connectivity index (χ2n) is 5.06. The standard InChI is InChI=1S/C11H20N4O4S/c1-8(2)7-12-20(18,19)6-5-14-10(4)11(15(16)17)9(3)13-14/h8,12H,5-7H2,1-4H3. The van der Waals surface area contributed by atoms with Crippen molar-refractivity contribution in [3.8, 4) is 0 Å². The summed E-state index contributed by atoms with van der Waals surface area (Å²) < 4.78 is 27.4. The molecule has 0 atom stereocenters. The Labute approximate surface area is 118 Å². The van der Waals surface area contributed by atoms with E-state index < -0.39 is 14.9 Å². The molecular weight excluding hydrogens is 284 g/mol. The van der Waals surface area contributed by atoms with Crippen molar-refractivity contribution in [2.45, 2.75) is 34.2 Å². The third-order valence-corrected chi connectivity index (χ3v) is 4.14. The van der Waals surface area contributed by atoms with Crippen LogP contribution in [0.1, 0.15) is 25.2 Å². The number of hydrogen-bond acceptors (Lipinski definition) is 5. The Kier molecular flexibility index (Phi) is 5.23. The molecule has 0 radical (unpaired) electrons. The van der Waals surface area contributed by atoms with Crippen molar-refractivity contribution in [1.82, 2.24) is 14.5 Å². The molecule has 0 bridgehead atoms. The van der Waals surface area contributed by atoms with Crippen LogP contribution in [0.2, 0.25) is 0 Å². The number of sulfonamides is 1. The Morgan fingerprint density at radius 2 is 2.00 bits per heavy atom. The van der Waals surface area contributed by atoms with Gasteiger partial charge >= 0.3 is 5.69 Å². The molecule has 1 rings (SSSR count). The van der Waals surface area contributed by atoms with E-state index >= 15 is 0 Å². The lowest BCUT2D eigenvalue weighted by molar-refractivity contribution is -0.386. The van der Waals surface area contributed by atoms with Gasteiger partial charge in [-0.3, -0.25) is 14.8 Å². The van der Waals surface area contributed by atoms with E-state index in [2.05, 4.69) is 9.82 Å². The van der Waals surface area contributed by atoms with Crippen LogP contribution in [0.3, 0.4) is 0 Å². The first-order valence-corrected chi connectivity index (χ1v) is 7.95. The van der Waals surface area contributed by atoms with Crippen molar-refractivity contribution in [3.63, 3.8) is 0 Å². The van der Waals surface area contributed by atoms with Crippen molar-refractivity contribution in [2.24, 2.45) is 5.92 Å². The molecule has 1 N–H and O–H groups in total. The Hall–Kier alpha value is -1.48. The van der Waals surface area contributed by atoms with Crippen LogP contribution in [0.4, 0.5) is 5.69 Å². The summed E-state index contributed by atoms with van der Waals surface area (Å²) in [5, 5.41) is 14.9. The number of hydrogen-bond donors (Lipinski definition) is 1. The minimum absolute atomic E-state index is 0.0578. The molecule has 0 aliphatic heterocycles. The second kappa shape index (κ2) is 6.31. The topological polar surface area (TPSA) is 107 Å². The third kappa shape index (κ3) is 4.27. The van der Waals surface area contributed by atoms with Crippen LogP contribution in [-0.2, 0) is 16.6 Å². The molecule has 0 unspecified atom stereocenters. The van der Waals surface area contributed by atoms with Crippen LogP contribution in [0.15, 0.2) is 0 Å². The van der Waals surface area contributed by atoms with E-state index in [1.165, 1.54) is 11.6 Å². The fourth-order valence-electron chi connectivity index (χ4n) is 1.74. The molecule has 114 valence electrons. The van der Waals surface area contributed by atoms with E-state index in [1.807, 2.05) is 13.8 Å². The van der Waals surface area contributed by atoms with Gasteiger partial charge in [0.15, 0.2) is 0 Å². The largest absolute Gasteiger partial charge is 0.312 e. The molecule has 0 spiro atoms. The maximum Gasteiger partial charge on any atom is 0.312 e. The quantitative estimate of drug-likeness (QED) is 0.597. The van der Waals surface area contributed by atoms with Gasteiger partial charge in [-0.25, -0.2) is 13.1 Å². The molecule has 1 aromatic rings. The highest BCUT2D eigenvalue weighted by atomic mass is 32.2. The average molecular weight is 304 g/mol. The molecule has 0 aliphatic rings. The lowest BCUT2D eigenvalue weighted by Crippen LogP contribution is -2.31. The zero-order chi connectivity index (χ0) is 15.5. The Morgan fingerprint density at radius 1 is 1.40 bits per heavy atom. The van der Waals surface area contributed by atoms with Crippen molar-refractivity contribution in [1.29, 1.82) is 0 Å². The zero-order valence-electron chi connectivity index (χ0n) is 12.1. The maximum atomic E-state index is 11.8. The molecule has 0 saturated heterocycles. The third-order valence-electron chi connectivity index (χ3n) is 2.81. The molecule has 0 saturated carbocycles. The highest BCUT2D eigenvalue weighted by Gasteiger charge is 2.22. The molecule has 0 aliphatic carbocycles. The number of nitrogens with zero attached hydrogens (tertiary/aromatic N) is 3. The molecule has 0 fully saturated rings. The summed E-state index contributed by atoms with van der Waals surface area (Å²) in [4.78, 5) is 10.4. The minimum atomic E-state index is -3.40. The summed E-state index contributed by atoms with van der Waals surface area (Å²) in [6.07, 6.45) is 0. The number of nitro groups is 1. The molecule has 0 aromatic carbocycles. The Bertz CT molecular complexity index is 592. The molecule has 1 heterocycles. The zero-order valence-corrected chi connectivity index (χ0v) is 12.9. The van der Waals surface area contributed by atoms with E-state index in [-0.39, 0.29) is 23.9 Å². The number of aromatic nitrogens is 2. The van der Waals surface area contributed by atoms with Gasteiger partial charge in [0.2, 0.25) is 10.0 Å². The summed E-state index contributed by atoms with van der Waals surface area (Å²) in [5.74, 6) is 0.0679. The smallest absolute Gasteiger partial charge is 0.261 e. The van der Waals surface area contributed by atoms with E-state index in [0.29, 0.717) is 17.9 Å². The SMILES string of the molecule is Cc1nn(CCS(=O)(=O)NCC(C)C)c(C)c1[N+](=O)[O-]. The number of nitrogens with one attached hydrogen (secondary N) is 1. The fourth-order valence-corrected chi connectivity index (χ4v) is 2.89. The van der Waals surface area contributed by atoms with Crippen LogP contribution in [-0.4, -0.2) is 35.4 Å². The normalized spacial score (nSPS) is 12.1. The van der Waals surface area contributed by atoms with Gasteiger partial charge in [0.1, 0.15) is 11.4 Å². The lowest BCUT2D eigenvalue weighted by Gasteiger charge is -2.09. The van der Waals surface area contributed by atoms with Crippen LogP contribution >= 0.6 is 0 Å². The van der Waals surface area contributed by atoms with Crippen molar-refractivity contribution in [2.75, 3.05) is 12.3 Å². The van der Waals surface area contributed by atoms with Gasteiger partial charge in [-0.2, -0.15) is 5.10 Å². The fraction of sp³-hybridized carbons (Fsp3) is 0.727. The Balaban J connectivity index is 2.76. The van der Waals surface area contributed by atoms with E-state index in [9.17, 15) is 18.5 Å². The van der Waals surface area contributed by atoms with Crippen molar-refractivity contribution < 1.29 is 13.3 Å². The highest BCUT2D eigenvalue weighted by Crippen LogP contribution is 2.21. The van der Waals surface area contributed by atoms with Gasteiger partial charge in [0, 0.05) is 6.54 Å². The molecular formula is C11H20N4O4S. The van der Waals surface area contributed by atoms with Crippen LogP contribution in [0.5, 0.6) is 0 Å². The van der Waals surface area contributed by atoms with Gasteiger partial charge < -0.3 is 0 Å². The molecule has 0 amide bonds. The Morgan fingerprint density at radius 3 is 2.45 bits per heavy atom. The predicted molar refractivity (Wildman–Crippen MR) is 75.0 cm³/mol. The first-order valence-electron chi connectivity index (χ1n) is 6.29. The highest BCUT2D eigenvalue weighted by molar-refractivity contribution is 7.89. The van der Waals surface area contributed by atoms with E-state index in [1.54, 1.807) is 6.92 Å². The molecule has 9 heteroatoms. The number of aryl methyl sites for hydroxylation is 2. The summed E-state index contributed by atoms with van der Waals surface area (Å²) in [6.45, 7) is 7.38. The summed E-state index contributed by atoms with van der Waals surface area (Å²) >= 11 is 0. The van der Waals surface area contributed by atoms with E-state index in [4.69, 9.17) is 0 Å². The van der Waals surface area contributed by atoms with E-state index in [0.717, 1.165) is 0 Å². The van der Waals surface area contributed by atoms with Crippen LogP contribution < -0.4 is 4.72 Å². The van der Waals surface area contributed by atoms with Crippen molar-refractivity contribution >= 4 is 15.7 Å². The molecule has 8 nitrogen and oxygen atoms in total. The van der Waals surface area contributed by atoms with Gasteiger partial charge in [-0.05, 0) is 19.8 Å². The van der Waals surface area contributed by atoms with Gasteiger partial charge in [0.05, 0.1) is 17.2 Å². The molecule has 1 aromatic heterocycles. The van der Waals surface area contributed by atoms with Gasteiger partial charge in [-0.1, -0.05) is 13.8 Å². The lowest BCUT2D eigenvalue weighted by atomic mass is 10.2. The first kappa shape index (κ1) is 16.6. The van der Waals surface area contributed by atoms with Crippen molar-refractivity contribution in [3.05, 3.63) is 21.5 Å². The maximum absolute atomic E-state index is 11.8. The monoisotopic (exact) mass is 304 g/mol. The second-order valence-corrected chi connectivity index (χ2v) is 6.99. The average Bonchev–Trinajstić information content (AvgIpc) is 2.59. The van der Waals surface area contributed by atoms with Crippen LogP contribution in [0.25, 0.3) is 0 Å². The minimum Gasteiger partial charge on any atom is -0.261 e.